The molecule has 0 aliphatic rings. The van der Waals surface area contributed by atoms with Crippen LogP contribution in [0.2, 0.25) is 0 Å². The van der Waals surface area contributed by atoms with Crippen LogP contribution in [0.15, 0.2) is 60.2 Å². The number of hydrogen-bond donors (Lipinski definition) is 2. The molecule has 2 aromatic rings. The summed E-state index contributed by atoms with van der Waals surface area (Å²) < 4.78 is 16.0. The molecule has 0 saturated heterocycles. The number of anilines is 1. The number of hydrazone groups is 1. The van der Waals surface area contributed by atoms with Crippen molar-refractivity contribution in [1.29, 1.82) is 0 Å². The summed E-state index contributed by atoms with van der Waals surface area (Å²) in [7, 11) is 1.52. The molecule has 2 aromatic carbocycles. The standard InChI is InChI=1S/C21H23N3O5/c1-4-12-29-18-11-6-15(13-19(18)27-3)14-22-24-21(26)20(25)23-16-7-9-17(10-8-16)28-5-2/h4,6-11,13-14H,1,5,12H2,2-3H3,(H,23,25)(H,24,26)/b22-14+. The van der Waals surface area contributed by atoms with Gasteiger partial charge in [0.15, 0.2) is 11.5 Å². The highest BCUT2D eigenvalue weighted by Gasteiger charge is 2.13. The number of nitrogens with zero attached hydrogens (tertiary/aromatic N) is 1. The van der Waals surface area contributed by atoms with E-state index >= 15 is 0 Å². The molecule has 0 saturated carbocycles. The number of amides is 2. The van der Waals surface area contributed by atoms with Crippen molar-refractivity contribution < 1.29 is 23.8 Å². The molecule has 0 aliphatic carbocycles. The molecule has 2 rings (SSSR count). The first-order chi connectivity index (χ1) is 14.1. The quantitative estimate of drug-likeness (QED) is 0.293. The van der Waals surface area contributed by atoms with E-state index in [2.05, 4.69) is 22.4 Å². The van der Waals surface area contributed by atoms with Gasteiger partial charge in [-0.2, -0.15) is 5.10 Å². The van der Waals surface area contributed by atoms with Crippen LogP contribution in [0.3, 0.4) is 0 Å². The fraction of sp³-hybridized carbons (Fsp3) is 0.190. The molecule has 29 heavy (non-hydrogen) atoms. The molecule has 8 nitrogen and oxygen atoms in total. The first-order valence-electron chi connectivity index (χ1n) is 8.86. The molecule has 0 radical (unpaired) electrons. The van der Waals surface area contributed by atoms with E-state index < -0.39 is 11.8 Å². The first kappa shape index (κ1) is 21.5. The van der Waals surface area contributed by atoms with Gasteiger partial charge in [-0.05, 0) is 55.0 Å². The Morgan fingerprint density at radius 1 is 1.07 bits per heavy atom. The van der Waals surface area contributed by atoms with Crippen molar-refractivity contribution in [2.75, 3.05) is 25.6 Å². The molecule has 152 valence electrons. The van der Waals surface area contributed by atoms with Gasteiger partial charge in [-0.25, -0.2) is 5.43 Å². The molecule has 0 spiro atoms. The highest BCUT2D eigenvalue weighted by atomic mass is 16.5. The smallest absolute Gasteiger partial charge is 0.329 e. The molecule has 0 bridgehead atoms. The van der Waals surface area contributed by atoms with E-state index in [4.69, 9.17) is 14.2 Å². The minimum Gasteiger partial charge on any atom is -0.494 e. The van der Waals surface area contributed by atoms with E-state index in [1.54, 1.807) is 48.5 Å². The Labute approximate surface area is 169 Å². The summed E-state index contributed by atoms with van der Waals surface area (Å²) in [6, 6.07) is 11.8. The Balaban J connectivity index is 1.91. The highest BCUT2D eigenvalue weighted by Crippen LogP contribution is 2.27. The largest absolute Gasteiger partial charge is 0.494 e. The second-order valence-corrected chi connectivity index (χ2v) is 5.62. The van der Waals surface area contributed by atoms with Gasteiger partial charge in [0.2, 0.25) is 0 Å². The summed E-state index contributed by atoms with van der Waals surface area (Å²) in [4.78, 5) is 23.8. The van der Waals surface area contributed by atoms with E-state index in [0.717, 1.165) is 0 Å². The Bertz CT molecular complexity index is 878. The van der Waals surface area contributed by atoms with Crippen molar-refractivity contribution in [2.24, 2.45) is 5.10 Å². The van der Waals surface area contributed by atoms with Crippen molar-refractivity contribution in [2.45, 2.75) is 6.92 Å². The number of carbonyl (C=O) groups excluding carboxylic acids is 2. The lowest BCUT2D eigenvalue weighted by Crippen LogP contribution is -2.32. The van der Waals surface area contributed by atoms with Crippen LogP contribution in [0.1, 0.15) is 12.5 Å². The van der Waals surface area contributed by atoms with Gasteiger partial charge in [-0.1, -0.05) is 12.7 Å². The summed E-state index contributed by atoms with van der Waals surface area (Å²) in [6.07, 6.45) is 3.02. The van der Waals surface area contributed by atoms with Gasteiger partial charge in [0.05, 0.1) is 19.9 Å². The molecule has 0 aromatic heterocycles. The maximum absolute atomic E-state index is 11.9. The third-order valence-electron chi connectivity index (χ3n) is 3.55. The molecular formula is C21H23N3O5. The van der Waals surface area contributed by atoms with Crippen molar-refractivity contribution >= 4 is 23.7 Å². The van der Waals surface area contributed by atoms with Gasteiger partial charge in [0.1, 0.15) is 12.4 Å². The molecule has 0 atom stereocenters. The van der Waals surface area contributed by atoms with Crippen LogP contribution in [0.4, 0.5) is 5.69 Å². The van der Waals surface area contributed by atoms with Gasteiger partial charge in [-0.15, -0.1) is 0 Å². The van der Waals surface area contributed by atoms with Crippen LogP contribution in [0.25, 0.3) is 0 Å². The summed E-state index contributed by atoms with van der Waals surface area (Å²) in [5.74, 6) is 0.0136. The maximum Gasteiger partial charge on any atom is 0.329 e. The van der Waals surface area contributed by atoms with Gasteiger partial charge in [-0.3, -0.25) is 9.59 Å². The zero-order valence-corrected chi connectivity index (χ0v) is 16.3. The van der Waals surface area contributed by atoms with Crippen molar-refractivity contribution in [3.8, 4) is 17.2 Å². The predicted molar refractivity (Wildman–Crippen MR) is 111 cm³/mol. The van der Waals surface area contributed by atoms with Crippen molar-refractivity contribution in [3.63, 3.8) is 0 Å². The second-order valence-electron chi connectivity index (χ2n) is 5.62. The number of benzene rings is 2. The number of carbonyl (C=O) groups is 2. The second kappa shape index (κ2) is 11.1. The number of rotatable bonds is 9. The Hall–Kier alpha value is -3.81. The van der Waals surface area contributed by atoms with Gasteiger partial charge in [0.25, 0.3) is 0 Å². The molecule has 2 N–H and O–H groups in total. The van der Waals surface area contributed by atoms with Gasteiger partial charge >= 0.3 is 11.8 Å². The van der Waals surface area contributed by atoms with Gasteiger partial charge in [0, 0.05) is 5.69 Å². The fourth-order valence-corrected chi connectivity index (χ4v) is 2.24. The van der Waals surface area contributed by atoms with E-state index in [0.29, 0.717) is 41.7 Å². The molecule has 0 heterocycles. The zero-order valence-electron chi connectivity index (χ0n) is 16.3. The predicted octanol–water partition coefficient (Wildman–Crippen LogP) is 2.75. The SMILES string of the molecule is C=CCOc1ccc(/C=N/NC(=O)C(=O)Nc2ccc(OCC)cc2)cc1OC. The van der Waals surface area contributed by atoms with Crippen LogP contribution >= 0.6 is 0 Å². The lowest BCUT2D eigenvalue weighted by atomic mass is 10.2. The Morgan fingerprint density at radius 2 is 1.83 bits per heavy atom. The fourth-order valence-electron chi connectivity index (χ4n) is 2.24. The number of hydrogen-bond acceptors (Lipinski definition) is 6. The number of nitrogens with one attached hydrogen (secondary N) is 2. The van der Waals surface area contributed by atoms with Crippen molar-refractivity contribution in [3.05, 3.63) is 60.7 Å². The third-order valence-corrected chi connectivity index (χ3v) is 3.55. The van der Waals surface area contributed by atoms with E-state index in [-0.39, 0.29) is 0 Å². The summed E-state index contributed by atoms with van der Waals surface area (Å²) in [6.45, 7) is 6.36. The van der Waals surface area contributed by atoms with Crippen LogP contribution in [0.5, 0.6) is 17.2 Å². The average molecular weight is 397 g/mol. The monoisotopic (exact) mass is 397 g/mol. The van der Waals surface area contributed by atoms with E-state index in [9.17, 15) is 9.59 Å². The lowest BCUT2D eigenvalue weighted by molar-refractivity contribution is -0.136. The topological polar surface area (TPSA) is 98.2 Å². The summed E-state index contributed by atoms with van der Waals surface area (Å²) >= 11 is 0. The molecule has 0 unspecified atom stereocenters. The maximum atomic E-state index is 11.9. The third kappa shape index (κ3) is 6.69. The minimum atomic E-state index is -0.895. The first-order valence-corrected chi connectivity index (χ1v) is 8.86. The van der Waals surface area contributed by atoms with E-state index in [1.807, 2.05) is 6.92 Å². The van der Waals surface area contributed by atoms with Crippen LogP contribution in [-0.4, -0.2) is 38.4 Å². The Kier molecular flexibility index (Phi) is 8.25. The van der Waals surface area contributed by atoms with Gasteiger partial charge < -0.3 is 19.5 Å². The molecule has 0 fully saturated rings. The minimum absolute atomic E-state index is 0.351. The highest BCUT2D eigenvalue weighted by molar-refractivity contribution is 6.39. The normalized spacial score (nSPS) is 10.3. The summed E-state index contributed by atoms with van der Waals surface area (Å²) in [5.41, 5.74) is 3.30. The number of ether oxygens (including phenoxy) is 3. The van der Waals surface area contributed by atoms with Crippen LogP contribution < -0.4 is 25.0 Å². The summed E-state index contributed by atoms with van der Waals surface area (Å²) in [5, 5.41) is 6.27. The lowest BCUT2D eigenvalue weighted by Gasteiger charge is -2.09. The molecule has 0 aliphatic heterocycles. The number of methoxy groups -OCH3 is 1. The molecular weight excluding hydrogens is 374 g/mol. The van der Waals surface area contributed by atoms with Crippen molar-refractivity contribution in [1.82, 2.24) is 5.43 Å². The van der Waals surface area contributed by atoms with E-state index in [1.165, 1.54) is 13.3 Å². The van der Waals surface area contributed by atoms with Crippen LogP contribution in [-0.2, 0) is 9.59 Å². The van der Waals surface area contributed by atoms with Crippen LogP contribution in [0, 0.1) is 0 Å². The Morgan fingerprint density at radius 3 is 2.48 bits per heavy atom. The average Bonchev–Trinajstić information content (AvgIpc) is 2.74. The molecule has 8 heteroatoms. The molecule has 2 amide bonds. The zero-order chi connectivity index (χ0) is 21.1.